The van der Waals surface area contributed by atoms with E-state index in [0.29, 0.717) is 0 Å². The second-order valence-electron chi connectivity index (χ2n) is 0.553. The van der Waals surface area contributed by atoms with Crippen molar-refractivity contribution in [2.45, 2.75) is 4.94 Å². The molecule has 0 radical (unpaired) electrons. The van der Waals surface area contributed by atoms with E-state index in [2.05, 4.69) is 21.9 Å². The molecule has 0 heterocycles. The topological polar surface area (TPSA) is 26.0 Å². The third kappa shape index (κ3) is 4.04. The number of nitrogens with two attached hydrogens (primary N) is 1. The summed E-state index contributed by atoms with van der Waals surface area (Å²) in [6.07, 6.45) is 4.73. The van der Waals surface area contributed by atoms with Crippen LogP contribution in [0.1, 0.15) is 0 Å². The summed E-state index contributed by atoms with van der Waals surface area (Å²) in [6.45, 7) is 0. The molecule has 0 rings (SSSR count). The van der Waals surface area contributed by atoms with Crippen LogP contribution in [-0.4, -0.2) is 4.94 Å². The fourth-order valence-corrected chi connectivity index (χ4v) is 0. The van der Waals surface area contributed by atoms with Crippen LogP contribution in [0, 0.1) is 12.3 Å². The Labute approximate surface area is 39.7 Å². The molecule has 0 aromatic rings. The van der Waals surface area contributed by atoms with Gasteiger partial charge in [0.1, 0.15) is 0 Å². The molecule has 0 fully saturated rings. The van der Waals surface area contributed by atoms with Gasteiger partial charge in [0, 0.05) is 0 Å². The fourth-order valence-electron chi connectivity index (χ4n) is 0. The molecule has 2 N–H and O–H groups in total. The molecule has 0 saturated heterocycles. The minimum atomic E-state index is -0.338. The Hall–Kier alpha value is 0.0395. The Balaban J connectivity index is 2.94. The molecule has 1 unspecified atom stereocenters. The molecule has 0 saturated carbocycles. The van der Waals surface area contributed by atoms with Gasteiger partial charge in [0.15, 0.2) is 0 Å². The first-order valence-electron chi connectivity index (χ1n) is 1.11. The molecule has 1 nitrogen and oxygen atoms in total. The molecule has 5 heavy (non-hydrogen) atoms. The van der Waals surface area contributed by atoms with Crippen LogP contribution in [0.25, 0.3) is 0 Å². The molecule has 2 heteroatoms. The van der Waals surface area contributed by atoms with Crippen LogP contribution in [0.2, 0.25) is 0 Å². The first-order valence-corrected chi connectivity index (χ1v) is 1.75. The molecule has 0 aliphatic rings. The van der Waals surface area contributed by atoms with Gasteiger partial charge < -0.3 is 0 Å². The number of terminal acetylenes is 1. The standard InChI is InChI=1S/C3H4N.Fe/c1-2-3-4;/h1,3H,4H2;. The van der Waals surface area contributed by atoms with E-state index in [-0.39, 0.29) is 4.94 Å². The van der Waals surface area contributed by atoms with E-state index in [9.17, 15) is 0 Å². The molecule has 0 aromatic carbocycles. The number of hydrogen-bond donors (Lipinski definition) is 1. The van der Waals surface area contributed by atoms with Crippen LogP contribution in [0.15, 0.2) is 0 Å². The summed E-state index contributed by atoms with van der Waals surface area (Å²) in [5.41, 5.74) is 4.94. The summed E-state index contributed by atoms with van der Waals surface area (Å²) in [5.74, 6) is 2.19. The van der Waals surface area contributed by atoms with Crippen LogP contribution in [0.3, 0.4) is 0 Å². The van der Waals surface area contributed by atoms with Gasteiger partial charge in [0.2, 0.25) is 0 Å². The summed E-state index contributed by atoms with van der Waals surface area (Å²) < 4.78 is 0. The molecule has 1 atom stereocenters. The van der Waals surface area contributed by atoms with Gasteiger partial charge in [-0.15, -0.1) is 0 Å². The van der Waals surface area contributed by atoms with Crippen LogP contribution >= 0.6 is 0 Å². The Kier molecular flexibility index (Phi) is 2.31. The van der Waals surface area contributed by atoms with Gasteiger partial charge in [-0.05, 0) is 0 Å². The quantitative estimate of drug-likeness (QED) is 0.328. The van der Waals surface area contributed by atoms with E-state index in [1.54, 1.807) is 0 Å². The van der Waals surface area contributed by atoms with Crippen LogP contribution < -0.4 is 5.73 Å². The van der Waals surface area contributed by atoms with Crippen molar-refractivity contribution >= 4 is 0 Å². The van der Waals surface area contributed by atoms with Crippen molar-refractivity contribution in [2.75, 3.05) is 0 Å². The minimum absolute atomic E-state index is 0.338. The number of hydrogen-bond acceptors (Lipinski definition) is 1. The van der Waals surface area contributed by atoms with Crippen molar-refractivity contribution in [2.24, 2.45) is 5.73 Å². The summed E-state index contributed by atoms with van der Waals surface area (Å²) >= 11 is 3.30. The van der Waals surface area contributed by atoms with E-state index in [1.165, 1.54) is 0 Å². The van der Waals surface area contributed by atoms with E-state index in [4.69, 9.17) is 12.2 Å². The summed E-state index contributed by atoms with van der Waals surface area (Å²) in [7, 11) is 0. The van der Waals surface area contributed by atoms with Crippen LogP contribution in [0.5, 0.6) is 0 Å². The Morgan fingerprint density at radius 3 is 2.20 bits per heavy atom. The predicted molar refractivity (Wildman–Crippen MR) is 16.8 cm³/mol. The average Bonchev–Trinajstić information content (AvgIpc) is 1.38. The Bertz CT molecular complexity index is 52.4. The zero-order valence-corrected chi connectivity index (χ0v) is 3.69. The average molecular weight is 110 g/mol. The first-order chi connectivity index (χ1) is 2.27. The fraction of sp³-hybridized carbons (Fsp3) is 0.333. The van der Waals surface area contributed by atoms with Crippen molar-refractivity contribution in [3.05, 3.63) is 0 Å². The van der Waals surface area contributed by atoms with Gasteiger partial charge in [0.25, 0.3) is 0 Å². The van der Waals surface area contributed by atoms with Crippen LogP contribution in [-0.2, 0) is 16.0 Å². The maximum absolute atomic E-state index is 4.94. The van der Waals surface area contributed by atoms with Crippen molar-refractivity contribution in [1.82, 2.24) is 0 Å². The zero-order chi connectivity index (χ0) is 4.28. The SMILES string of the molecule is C#C[CH](N)[Fe]. The molecule has 29 valence electrons. The van der Waals surface area contributed by atoms with Crippen molar-refractivity contribution in [1.29, 1.82) is 0 Å². The monoisotopic (exact) mass is 110 g/mol. The third-order valence-electron chi connectivity index (χ3n) is 0.155. The second-order valence-corrected chi connectivity index (χ2v) is 1.24. The van der Waals surface area contributed by atoms with Gasteiger partial charge >= 0.3 is 39.0 Å². The van der Waals surface area contributed by atoms with Gasteiger partial charge in [-0.2, -0.15) is 0 Å². The van der Waals surface area contributed by atoms with Crippen molar-refractivity contribution in [3.8, 4) is 12.3 Å². The second kappa shape index (κ2) is 2.29. The maximum atomic E-state index is 4.94. The molecule has 0 aliphatic heterocycles. The van der Waals surface area contributed by atoms with E-state index < -0.39 is 0 Å². The molecule has 0 aromatic heterocycles. The molecular formula is C3H4FeN. The summed E-state index contributed by atoms with van der Waals surface area (Å²) in [6, 6.07) is 0. The zero-order valence-electron chi connectivity index (χ0n) is 2.59. The predicted octanol–water partition coefficient (Wildman–Crippen LogP) is -0.549. The van der Waals surface area contributed by atoms with Gasteiger partial charge in [-0.25, -0.2) is 0 Å². The third-order valence-corrected chi connectivity index (χ3v) is 0.339. The molecule has 0 amide bonds. The van der Waals surface area contributed by atoms with Gasteiger partial charge in [0.05, 0.1) is 0 Å². The van der Waals surface area contributed by atoms with Gasteiger partial charge in [-0.3, -0.25) is 0 Å². The number of rotatable bonds is 0. The molecular weight excluding hydrogens is 106 g/mol. The molecule has 0 bridgehead atoms. The first kappa shape index (κ1) is 5.04. The van der Waals surface area contributed by atoms with E-state index in [0.717, 1.165) is 0 Å². The molecule has 0 spiro atoms. The Morgan fingerprint density at radius 2 is 2.20 bits per heavy atom. The van der Waals surface area contributed by atoms with Crippen molar-refractivity contribution in [3.63, 3.8) is 0 Å². The molecule has 0 aliphatic carbocycles. The van der Waals surface area contributed by atoms with E-state index >= 15 is 0 Å². The Morgan fingerprint density at radius 1 is 2.00 bits per heavy atom. The van der Waals surface area contributed by atoms with Gasteiger partial charge in [-0.1, -0.05) is 0 Å². The van der Waals surface area contributed by atoms with E-state index in [1.807, 2.05) is 0 Å². The summed E-state index contributed by atoms with van der Waals surface area (Å²) in [4.78, 5) is -0.338. The van der Waals surface area contributed by atoms with Crippen molar-refractivity contribution < 1.29 is 16.0 Å². The normalized spacial score (nSPS) is 13.0. The summed E-state index contributed by atoms with van der Waals surface area (Å²) in [5, 5.41) is 0. The van der Waals surface area contributed by atoms with Crippen LogP contribution in [0.4, 0.5) is 0 Å².